The monoisotopic (exact) mass is 270 g/mol. The van der Waals surface area contributed by atoms with Crippen molar-refractivity contribution in [2.75, 3.05) is 11.9 Å². The molecular weight excluding hydrogens is 256 g/mol. The van der Waals surface area contributed by atoms with Gasteiger partial charge in [0.05, 0.1) is 12.2 Å². The Bertz CT molecular complexity index is 791. The van der Waals surface area contributed by atoms with Crippen molar-refractivity contribution in [2.24, 2.45) is 0 Å². The van der Waals surface area contributed by atoms with Gasteiger partial charge >= 0.3 is 5.76 Å². The van der Waals surface area contributed by atoms with Gasteiger partial charge in [-0.1, -0.05) is 0 Å². The van der Waals surface area contributed by atoms with E-state index in [1.165, 1.54) is 4.57 Å². The van der Waals surface area contributed by atoms with Gasteiger partial charge < -0.3 is 9.73 Å². The molecule has 0 fully saturated rings. The smallest absolute Gasteiger partial charge is 0.406 e. The summed E-state index contributed by atoms with van der Waals surface area (Å²) in [6.07, 6.45) is 3.35. The first kappa shape index (κ1) is 12.4. The number of aromatic nitrogens is 3. The summed E-state index contributed by atoms with van der Waals surface area (Å²) < 4.78 is 6.63. The SMILES string of the molecule is CCNc1ccnc(Cn2c(=O)oc3cccnc32)c1. The van der Waals surface area contributed by atoms with Crippen molar-refractivity contribution in [3.05, 3.63) is 52.9 Å². The molecule has 0 saturated carbocycles. The number of anilines is 1. The molecule has 0 aliphatic carbocycles. The second-order valence-corrected chi connectivity index (χ2v) is 4.35. The Hall–Kier alpha value is -2.63. The Balaban J connectivity index is 1.99. The average Bonchev–Trinajstić information content (AvgIpc) is 2.76. The predicted molar refractivity (Wildman–Crippen MR) is 75.8 cm³/mol. The summed E-state index contributed by atoms with van der Waals surface area (Å²) >= 11 is 0. The van der Waals surface area contributed by atoms with Crippen molar-refractivity contribution < 1.29 is 4.42 Å². The molecule has 20 heavy (non-hydrogen) atoms. The zero-order valence-corrected chi connectivity index (χ0v) is 11.0. The molecule has 0 radical (unpaired) electrons. The van der Waals surface area contributed by atoms with Gasteiger partial charge in [-0.3, -0.25) is 9.55 Å². The molecule has 3 aromatic heterocycles. The fourth-order valence-electron chi connectivity index (χ4n) is 2.08. The Morgan fingerprint density at radius 1 is 1.30 bits per heavy atom. The minimum absolute atomic E-state index is 0.335. The lowest BCUT2D eigenvalue weighted by Crippen LogP contribution is -2.16. The van der Waals surface area contributed by atoms with Gasteiger partial charge in [0.25, 0.3) is 0 Å². The summed E-state index contributed by atoms with van der Waals surface area (Å²) in [5, 5.41) is 3.21. The molecule has 0 spiro atoms. The molecule has 3 aromatic rings. The molecule has 0 bridgehead atoms. The second-order valence-electron chi connectivity index (χ2n) is 4.35. The highest BCUT2D eigenvalue weighted by atomic mass is 16.4. The van der Waals surface area contributed by atoms with Crippen LogP contribution in [0.15, 0.2) is 45.9 Å². The molecule has 6 heteroatoms. The number of fused-ring (bicyclic) bond motifs is 1. The third-order valence-electron chi connectivity index (χ3n) is 2.94. The summed E-state index contributed by atoms with van der Waals surface area (Å²) in [5.41, 5.74) is 2.78. The molecule has 3 heterocycles. The maximum atomic E-state index is 11.9. The van der Waals surface area contributed by atoms with Gasteiger partial charge in [-0.15, -0.1) is 0 Å². The fraction of sp³-hybridized carbons (Fsp3) is 0.214. The average molecular weight is 270 g/mol. The third-order valence-corrected chi connectivity index (χ3v) is 2.94. The van der Waals surface area contributed by atoms with E-state index < -0.39 is 5.76 Å². The molecule has 1 N–H and O–H groups in total. The van der Waals surface area contributed by atoms with E-state index >= 15 is 0 Å². The Labute approximate surface area is 115 Å². The van der Waals surface area contributed by atoms with Crippen LogP contribution in [0.5, 0.6) is 0 Å². The zero-order valence-electron chi connectivity index (χ0n) is 11.0. The lowest BCUT2D eigenvalue weighted by molar-refractivity contribution is 0.516. The normalized spacial score (nSPS) is 10.8. The lowest BCUT2D eigenvalue weighted by atomic mass is 10.3. The van der Waals surface area contributed by atoms with Gasteiger partial charge in [0.1, 0.15) is 0 Å². The van der Waals surface area contributed by atoms with E-state index in [4.69, 9.17) is 4.42 Å². The van der Waals surface area contributed by atoms with Crippen LogP contribution in [0.25, 0.3) is 11.2 Å². The highest BCUT2D eigenvalue weighted by molar-refractivity contribution is 5.67. The molecule has 3 rings (SSSR count). The lowest BCUT2D eigenvalue weighted by Gasteiger charge is -2.05. The summed E-state index contributed by atoms with van der Waals surface area (Å²) in [5.74, 6) is -0.422. The number of hydrogen-bond donors (Lipinski definition) is 1. The predicted octanol–water partition coefficient (Wildman–Crippen LogP) is 1.86. The van der Waals surface area contributed by atoms with Crippen molar-refractivity contribution in [2.45, 2.75) is 13.5 Å². The third kappa shape index (κ3) is 2.27. The maximum absolute atomic E-state index is 11.9. The van der Waals surface area contributed by atoms with E-state index in [9.17, 15) is 4.79 Å². The molecule has 0 aliphatic rings. The molecule has 0 aromatic carbocycles. The van der Waals surface area contributed by atoms with Crippen molar-refractivity contribution in [3.63, 3.8) is 0 Å². The molecule has 0 aliphatic heterocycles. The van der Waals surface area contributed by atoms with Crippen LogP contribution in [0, 0.1) is 0 Å². The van der Waals surface area contributed by atoms with Crippen LogP contribution in [-0.4, -0.2) is 21.1 Å². The van der Waals surface area contributed by atoms with E-state index in [1.54, 1.807) is 24.5 Å². The molecule has 0 atom stereocenters. The van der Waals surface area contributed by atoms with Crippen molar-refractivity contribution in [1.29, 1.82) is 0 Å². The molecule has 0 amide bonds. The summed E-state index contributed by atoms with van der Waals surface area (Å²) in [6.45, 7) is 3.19. The van der Waals surface area contributed by atoms with Crippen LogP contribution in [0.3, 0.4) is 0 Å². The number of nitrogens with one attached hydrogen (secondary N) is 1. The van der Waals surface area contributed by atoms with Gasteiger partial charge in [0, 0.05) is 24.6 Å². The zero-order chi connectivity index (χ0) is 13.9. The van der Waals surface area contributed by atoms with Crippen molar-refractivity contribution in [3.8, 4) is 0 Å². The fourth-order valence-corrected chi connectivity index (χ4v) is 2.08. The van der Waals surface area contributed by atoms with Gasteiger partial charge in [0.2, 0.25) is 0 Å². The largest absolute Gasteiger partial charge is 0.421 e. The Morgan fingerprint density at radius 2 is 2.20 bits per heavy atom. The molecule has 0 saturated heterocycles. The molecule has 0 unspecified atom stereocenters. The minimum Gasteiger partial charge on any atom is -0.406 e. The van der Waals surface area contributed by atoms with Crippen LogP contribution >= 0.6 is 0 Å². The van der Waals surface area contributed by atoms with E-state index in [0.29, 0.717) is 17.8 Å². The van der Waals surface area contributed by atoms with Crippen LogP contribution < -0.4 is 11.1 Å². The summed E-state index contributed by atoms with van der Waals surface area (Å²) in [7, 11) is 0. The first-order valence-electron chi connectivity index (χ1n) is 6.41. The number of nitrogens with zero attached hydrogens (tertiary/aromatic N) is 3. The van der Waals surface area contributed by atoms with E-state index in [1.807, 2.05) is 19.1 Å². The van der Waals surface area contributed by atoms with E-state index in [-0.39, 0.29) is 0 Å². The van der Waals surface area contributed by atoms with Gasteiger partial charge in [0.15, 0.2) is 11.2 Å². The molecule has 102 valence electrons. The summed E-state index contributed by atoms with van der Waals surface area (Å²) in [4.78, 5) is 20.3. The Morgan fingerprint density at radius 3 is 3.05 bits per heavy atom. The standard InChI is InChI=1S/C14H14N4O2/c1-2-15-10-5-7-16-11(8-10)9-18-13-12(20-14(18)19)4-3-6-17-13/h3-8H,2,9H2,1H3,(H,15,16). The van der Waals surface area contributed by atoms with Gasteiger partial charge in [-0.05, 0) is 31.2 Å². The van der Waals surface area contributed by atoms with Gasteiger partial charge in [-0.2, -0.15) is 0 Å². The van der Waals surface area contributed by atoms with E-state index in [0.717, 1.165) is 17.9 Å². The van der Waals surface area contributed by atoms with Crippen molar-refractivity contribution in [1.82, 2.24) is 14.5 Å². The topological polar surface area (TPSA) is 73.0 Å². The van der Waals surface area contributed by atoms with E-state index in [2.05, 4.69) is 15.3 Å². The maximum Gasteiger partial charge on any atom is 0.421 e. The first-order valence-corrected chi connectivity index (χ1v) is 6.41. The second kappa shape index (κ2) is 5.16. The summed E-state index contributed by atoms with van der Waals surface area (Å²) in [6, 6.07) is 7.27. The highest BCUT2D eigenvalue weighted by Gasteiger charge is 2.10. The quantitative estimate of drug-likeness (QED) is 0.783. The van der Waals surface area contributed by atoms with Crippen LogP contribution in [-0.2, 0) is 6.54 Å². The molecule has 6 nitrogen and oxygen atoms in total. The van der Waals surface area contributed by atoms with Crippen LogP contribution in [0.1, 0.15) is 12.6 Å². The molecular formula is C14H14N4O2. The highest BCUT2D eigenvalue weighted by Crippen LogP contribution is 2.12. The Kier molecular flexibility index (Phi) is 3.20. The first-order chi connectivity index (χ1) is 9.78. The van der Waals surface area contributed by atoms with Crippen LogP contribution in [0.4, 0.5) is 5.69 Å². The number of rotatable bonds is 4. The number of hydrogen-bond acceptors (Lipinski definition) is 5. The number of pyridine rings is 2. The van der Waals surface area contributed by atoms with Crippen molar-refractivity contribution >= 4 is 16.9 Å². The van der Waals surface area contributed by atoms with Gasteiger partial charge in [-0.25, -0.2) is 9.78 Å². The number of oxazole rings is 1. The van der Waals surface area contributed by atoms with Crippen LogP contribution in [0.2, 0.25) is 0 Å². The minimum atomic E-state index is -0.422.